The maximum Gasteiger partial charge on any atom is 0.248 e. The molecule has 0 spiro atoms. The molecule has 8 nitrogen and oxygen atoms in total. The highest BCUT2D eigenvalue weighted by Gasteiger charge is 2.42. The van der Waals surface area contributed by atoms with Gasteiger partial charge in [-0.2, -0.15) is 5.10 Å². The van der Waals surface area contributed by atoms with Gasteiger partial charge in [0.25, 0.3) is 0 Å². The Balaban J connectivity index is 1.17. The van der Waals surface area contributed by atoms with E-state index >= 15 is 0 Å². The second kappa shape index (κ2) is 15.1. The molecule has 5 rings (SSSR count). The van der Waals surface area contributed by atoms with Gasteiger partial charge in [-0.05, 0) is 93.8 Å². The molecule has 0 radical (unpaired) electrons. The van der Waals surface area contributed by atoms with Crippen LogP contribution in [0.1, 0.15) is 93.0 Å². The van der Waals surface area contributed by atoms with E-state index in [0.29, 0.717) is 30.3 Å². The molecule has 0 saturated heterocycles. The number of primary amides is 1. The summed E-state index contributed by atoms with van der Waals surface area (Å²) in [6.07, 6.45) is 16.7. The number of benzene rings is 2. The number of hydrogen-bond donors (Lipinski definition) is 1. The molecule has 1 heterocycles. The van der Waals surface area contributed by atoms with Crippen LogP contribution in [0.5, 0.6) is 17.2 Å². The van der Waals surface area contributed by atoms with Crippen LogP contribution in [0, 0.1) is 11.8 Å². The first kappa shape index (κ1) is 30.6. The van der Waals surface area contributed by atoms with Crippen molar-refractivity contribution < 1.29 is 23.8 Å². The third kappa shape index (κ3) is 7.78. The zero-order valence-corrected chi connectivity index (χ0v) is 25.3. The van der Waals surface area contributed by atoms with Gasteiger partial charge in [0.1, 0.15) is 5.75 Å². The predicted molar refractivity (Wildman–Crippen MR) is 168 cm³/mol. The highest BCUT2D eigenvalue weighted by molar-refractivity contribution is 6.07. The molecule has 0 unspecified atom stereocenters. The zero-order valence-electron chi connectivity index (χ0n) is 25.3. The van der Waals surface area contributed by atoms with E-state index in [1.165, 1.54) is 12.8 Å². The standard InChI is InChI=1S/C35H45N3O5/c1-41-31-21-18-26(24-32(31)43-23-11-5-4-10-22-42-28-19-16-25(17-20-28)34(36)39)33-29-14-8-9-15-30(29)35(40)38(37-33)27-12-6-2-3-7-13-27/h8-9,16-21,24,27,29-30H,2-7,10-15,22-23H2,1H3,(H2,36,39)/t29-,30+/m0/s1. The fraction of sp³-hybridized carbons (Fsp3) is 0.514. The molecule has 0 aromatic heterocycles. The van der Waals surface area contributed by atoms with Crippen LogP contribution in [0.3, 0.4) is 0 Å². The van der Waals surface area contributed by atoms with Crippen LogP contribution in [0.25, 0.3) is 0 Å². The Kier molecular flexibility index (Phi) is 10.7. The number of nitrogens with two attached hydrogens (primary N) is 1. The Hall–Kier alpha value is -3.81. The highest BCUT2D eigenvalue weighted by Crippen LogP contribution is 2.39. The Morgan fingerprint density at radius 2 is 1.53 bits per heavy atom. The molecule has 2 aliphatic carbocycles. The van der Waals surface area contributed by atoms with Gasteiger partial charge >= 0.3 is 0 Å². The normalized spacial score (nSPS) is 20.6. The molecule has 2 amide bonds. The molecule has 43 heavy (non-hydrogen) atoms. The average molecular weight is 588 g/mol. The summed E-state index contributed by atoms with van der Waals surface area (Å²) in [6.45, 7) is 1.20. The number of methoxy groups -OCH3 is 1. The minimum absolute atomic E-state index is 0.0503. The van der Waals surface area contributed by atoms with Gasteiger partial charge in [0.15, 0.2) is 11.5 Å². The van der Waals surface area contributed by atoms with Crippen LogP contribution < -0.4 is 19.9 Å². The number of rotatable bonds is 13. The number of unbranched alkanes of at least 4 members (excludes halogenated alkanes) is 3. The Bertz CT molecular complexity index is 1300. The first-order valence-corrected chi connectivity index (χ1v) is 16.0. The summed E-state index contributed by atoms with van der Waals surface area (Å²) in [5.41, 5.74) is 7.76. The van der Waals surface area contributed by atoms with E-state index < -0.39 is 5.91 Å². The van der Waals surface area contributed by atoms with E-state index in [1.807, 2.05) is 17.1 Å². The topological polar surface area (TPSA) is 103 Å². The lowest BCUT2D eigenvalue weighted by Gasteiger charge is -2.40. The Morgan fingerprint density at radius 1 is 0.860 bits per heavy atom. The molecule has 2 aromatic rings. The second-order valence-electron chi connectivity index (χ2n) is 11.8. The largest absolute Gasteiger partial charge is 0.494 e. The van der Waals surface area contributed by atoms with Crippen molar-refractivity contribution in [3.63, 3.8) is 0 Å². The summed E-state index contributed by atoms with van der Waals surface area (Å²) in [5.74, 6) is 1.94. The molecule has 1 saturated carbocycles. The molecule has 2 atom stereocenters. The quantitative estimate of drug-likeness (QED) is 0.160. The van der Waals surface area contributed by atoms with Gasteiger partial charge in [-0.15, -0.1) is 0 Å². The summed E-state index contributed by atoms with van der Waals surface area (Å²) in [5, 5.41) is 6.94. The lowest BCUT2D eigenvalue weighted by atomic mass is 9.76. The number of hydrazone groups is 1. The number of ether oxygens (including phenoxy) is 3. The summed E-state index contributed by atoms with van der Waals surface area (Å²) in [4.78, 5) is 24.8. The van der Waals surface area contributed by atoms with Gasteiger partial charge in [-0.1, -0.05) is 37.8 Å². The monoisotopic (exact) mass is 587 g/mol. The first-order valence-electron chi connectivity index (χ1n) is 16.0. The van der Waals surface area contributed by atoms with Gasteiger partial charge in [0.2, 0.25) is 11.8 Å². The van der Waals surface area contributed by atoms with Gasteiger partial charge < -0.3 is 19.9 Å². The maximum absolute atomic E-state index is 13.6. The SMILES string of the molecule is COc1ccc(C2=NN(C3CCCCCC3)C(=O)[C@@H]3CC=CC[C@H]23)cc1OCCCCCCOc1ccc(C(N)=O)cc1. The van der Waals surface area contributed by atoms with Gasteiger partial charge in [-0.25, -0.2) is 5.01 Å². The third-order valence-electron chi connectivity index (χ3n) is 8.88. The zero-order chi connectivity index (χ0) is 30.0. The molecule has 2 N–H and O–H groups in total. The van der Waals surface area contributed by atoms with Crippen LogP contribution in [0.15, 0.2) is 59.7 Å². The fourth-order valence-electron chi connectivity index (χ4n) is 6.43. The summed E-state index contributed by atoms with van der Waals surface area (Å²) < 4.78 is 17.6. The van der Waals surface area contributed by atoms with Crippen LogP contribution in [-0.2, 0) is 4.79 Å². The van der Waals surface area contributed by atoms with E-state index in [-0.39, 0.29) is 23.8 Å². The second-order valence-corrected chi connectivity index (χ2v) is 11.8. The van der Waals surface area contributed by atoms with Crippen molar-refractivity contribution in [1.29, 1.82) is 0 Å². The summed E-state index contributed by atoms with van der Waals surface area (Å²) in [6, 6.07) is 13.2. The van der Waals surface area contributed by atoms with Gasteiger partial charge in [-0.3, -0.25) is 9.59 Å². The number of carbonyl (C=O) groups excluding carboxylic acids is 2. The van der Waals surface area contributed by atoms with Gasteiger partial charge in [0, 0.05) is 17.0 Å². The molecule has 230 valence electrons. The molecule has 3 aliphatic rings. The summed E-state index contributed by atoms with van der Waals surface area (Å²) >= 11 is 0. The number of nitrogens with zero attached hydrogens (tertiary/aromatic N) is 2. The van der Waals surface area contributed by atoms with E-state index in [2.05, 4.69) is 18.2 Å². The Labute approximate surface area is 255 Å². The predicted octanol–water partition coefficient (Wildman–Crippen LogP) is 6.66. The molecule has 8 heteroatoms. The third-order valence-corrected chi connectivity index (χ3v) is 8.88. The smallest absolute Gasteiger partial charge is 0.248 e. The van der Waals surface area contributed by atoms with Crippen LogP contribution >= 0.6 is 0 Å². The van der Waals surface area contributed by atoms with Crippen LogP contribution in [-0.4, -0.2) is 48.9 Å². The first-order chi connectivity index (χ1) is 21.0. The molecule has 0 bridgehead atoms. The molecule has 1 fully saturated rings. The van der Waals surface area contributed by atoms with Crippen molar-refractivity contribution in [2.24, 2.45) is 22.7 Å². The van der Waals surface area contributed by atoms with E-state index in [1.54, 1.807) is 31.4 Å². The number of allylic oxidation sites excluding steroid dienone is 2. The van der Waals surface area contributed by atoms with E-state index in [9.17, 15) is 9.59 Å². The van der Waals surface area contributed by atoms with E-state index in [0.717, 1.165) is 81.2 Å². The maximum atomic E-state index is 13.6. The highest BCUT2D eigenvalue weighted by atomic mass is 16.5. The number of carbonyl (C=O) groups is 2. The summed E-state index contributed by atoms with van der Waals surface area (Å²) in [7, 11) is 1.66. The minimum atomic E-state index is -0.440. The van der Waals surface area contributed by atoms with Crippen molar-refractivity contribution in [2.45, 2.75) is 83.1 Å². The average Bonchev–Trinajstić information content (AvgIpc) is 3.32. The van der Waals surface area contributed by atoms with Crippen LogP contribution in [0.4, 0.5) is 0 Å². The van der Waals surface area contributed by atoms with Crippen molar-refractivity contribution in [3.8, 4) is 17.2 Å². The molecule has 1 aliphatic heterocycles. The Morgan fingerprint density at radius 3 is 2.21 bits per heavy atom. The fourth-order valence-corrected chi connectivity index (χ4v) is 6.43. The molecular weight excluding hydrogens is 542 g/mol. The van der Waals surface area contributed by atoms with Crippen molar-refractivity contribution in [1.82, 2.24) is 5.01 Å². The van der Waals surface area contributed by atoms with E-state index in [4.69, 9.17) is 25.0 Å². The number of fused-ring (bicyclic) bond motifs is 1. The number of amides is 2. The van der Waals surface area contributed by atoms with Crippen molar-refractivity contribution in [2.75, 3.05) is 20.3 Å². The lowest BCUT2D eigenvalue weighted by molar-refractivity contribution is -0.140. The lowest BCUT2D eigenvalue weighted by Crippen LogP contribution is -2.49. The minimum Gasteiger partial charge on any atom is -0.494 e. The molecule has 2 aromatic carbocycles. The van der Waals surface area contributed by atoms with Gasteiger partial charge in [0.05, 0.1) is 38.0 Å². The van der Waals surface area contributed by atoms with Crippen molar-refractivity contribution >= 4 is 17.5 Å². The number of hydrogen-bond acceptors (Lipinski definition) is 6. The molecular formula is C35H45N3O5. The van der Waals surface area contributed by atoms with Crippen molar-refractivity contribution in [3.05, 3.63) is 65.7 Å². The van der Waals surface area contributed by atoms with Crippen LogP contribution in [0.2, 0.25) is 0 Å².